The van der Waals surface area contributed by atoms with Crippen LogP contribution in [0.5, 0.6) is 0 Å². The van der Waals surface area contributed by atoms with E-state index < -0.39 is 0 Å². The summed E-state index contributed by atoms with van der Waals surface area (Å²) in [5, 5.41) is 6.78. The summed E-state index contributed by atoms with van der Waals surface area (Å²) in [6.45, 7) is 3.64. The van der Waals surface area contributed by atoms with Crippen molar-refractivity contribution in [3.8, 4) is 0 Å². The van der Waals surface area contributed by atoms with E-state index in [0.29, 0.717) is 16.5 Å². The van der Waals surface area contributed by atoms with Crippen LogP contribution in [0.15, 0.2) is 53.6 Å². The van der Waals surface area contributed by atoms with Crippen molar-refractivity contribution in [1.82, 2.24) is 15.3 Å². The van der Waals surface area contributed by atoms with Gasteiger partial charge in [0.1, 0.15) is 0 Å². The molecular weight excluding hydrogens is 330 g/mol. The Balaban J connectivity index is 1.61. The van der Waals surface area contributed by atoms with Gasteiger partial charge < -0.3 is 20.5 Å². The summed E-state index contributed by atoms with van der Waals surface area (Å²) in [4.78, 5) is 33.4. The first-order chi connectivity index (χ1) is 12.7. The molecule has 4 rings (SSSR count). The lowest BCUT2D eigenvalue weighted by Crippen LogP contribution is -2.43. The Labute approximate surface area is 150 Å². The fourth-order valence-corrected chi connectivity index (χ4v) is 3.17. The van der Waals surface area contributed by atoms with E-state index >= 15 is 0 Å². The molecule has 1 saturated heterocycles. The fraction of sp³-hybridized carbons (Fsp3) is 0.211. The van der Waals surface area contributed by atoms with Gasteiger partial charge in [0, 0.05) is 31.7 Å². The number of aromatic nitrogens is 2. The normalized spacial score (nSPS) is 14.4. The zero-order valence-electron chi connectivity index (χ0n) is 14.2. The highest BCUT2D eigenvalue weighted by Crippen LogP contribution is 2.26. The number of carbonyl (C=O) groups is 1. The Kier molecular flexibility index (Phi) is 4.37. The number of piperazine rings is 1. The average Bonchev–Trinajstić information content (AvgIpc) is 2.69. The summed E-state index contributed by atoms with van der Waals surface area (Å²) in [5.41, 5.74) is 2.53. The van der Waals surface area contributed by atoms with Crippen LogP contribution in [0.25, 0.3) is 10.9 Å². The Hall–Kier alpha value is -3.19. The van der Waals surface area contributed by atoms with E-state index in [4.69, 9.17) is 0 Å². The molecule has 26 heavy (non-hydrogen) atoms. The first-order valence-electron chi connectivity index (χ1n) is 8.56. The second kappa shape index (κ2) is 6.97. The molecule has 2 heterocycles. The van der Waals surface area contributed by atoms with Crippen molar-refractivity contribution in [2.75, 3.05) is 36.4 Å². The van der Waals surface area contributed by atoms with Gasteiger partial charge in [-0.25, -0.2) is 4.98 Å². The van der Waals surface area contributed by atoms with Crippen LogP contribution in [0.3, 0.4) is 0 Å². The van der Waals surface area contributed by atoms with Crippen LogP contribution in [-0.4, -0.2) is 42.1 Å². The number of rotatable bonds is 3. The van der Waals surface area contributed by atoms with Gasteiger partial charge in [-0.2, -0.15) is 0 Å². The lowest BCUT2D eigenvalue weighted by Gasteiger charge is -2.31. The zero-order valence-corrected chi connectivity index (χ0v) is 14.2. The maximum Gasteiger partial charge on any atom is 0.258 e. The number of para-hydroxylation sites is 2. The number of benzene rings is 2. The van der Waals surface area contributed by atoms with Crippen molar-refractivity contribution in [3.05, 3.63) is 64.7 Å². The predicted molar refractivity (Wildman–Crippen MR) is 102 cm³/mol. The average molecular weight is 349 g/mol. The van der Waals surface area contributed by atoms with E-state index in [9.17, 15) is 9.59 Å². The zero-order chi connectivity index (χ0) is 17.9. The minimum Gasteiger partial charge on any atom is -0.367 e. The molecule has 3 N–H and O–H groups in total. The van der Waals surface area contributed by atoms with Crippen molar-refractivity contribution in [3.63, 3.8) is 0 Å². The first-order valence-corrected chi connectivity index (χ1v) is 8.56. The Morgan fingerprint density at radius 2 is 1.92 bits per heavy atom. The van der Waals surface area contributed by atoms with Gasteiger partial charge in [0.05, 0.1) is 28.6 Å². The van der Waals surface area contributed by atoms with Crippen molar-refractivity contribution in [2.45, 2.75) is 0 Å². The van der Waals surface area contributed by atoms with E-state index in [-0.39, 0.29) is 11.5 Å². The number of nitrogens with zero attached hydrogens (tertiary/aromatic N) is 2. The Bertz CT molecular complexity index is 1010. The third-order valence-electron chi connectivity index (χ3n) is 4.51. The summed E-state index contributed by atoms with van der Waals surface area (Å²) < 4.78 is 0. The molecule has 7 nitrogen and oxygen atoms in total. The highest BCUT2D eigenvalue weighted by molar-refractivity contribution is 6.07. The van der Waals surface area contributed by atoms with E-state index in [1.54, 1.807) is 18.2 Å². The molecule has 1 amide bonds. The van der Waals surface area contributed by atoms with E-state index in [2.05, 4.69) is 25.5 Å². The minimum atomic E-state index is -0.225. The number of fused-ring (bicyclic) bond motifs is 1. The topological polar surface area (TPSA) is 90.1 Å². The quantitative estimate of drug-likeness (QED) is 0.668. The monoisotopic (exact) mass is 349 g/mol. The SMILES string of the molecule is O=C(Nc1ccccc1N1CCNCC1)c1ccc2c(=O)[nH]cnc2c1. The third kappa shape index (κ3) is 3.16. The number of aromatic amines is 1. The summed E-state index contributed by atoms with van der Waals surface area (Å²) in [6.07, 6.45) is 1.34. The maximum atomic E-state index is 12.7. The van der Waals surface area contributed by atoms with Crippen LogP contribution in [-0.2, 0) is 0 Å². The standard InChI is InChI=1S/C19H19N5O2/c25-18(13-5-6-14-16(11-13)21-12-22-19(14)26)23-15-3-1-2-4-17(15)24-9-7-20-8-10-24/h1-6,11-12,20H,7-10H2,(H,23,25)(H,21,22,26). The van der Waals surface area contributed by atoms with Crippen LogP contribution in [0.2, 0.25) is 0 Å². The Morgan fingerprint density at radius 1 is 1.12 bits per heavy atom. The van der Waals surface area contributed by atoms with Gasteiger partial charge >= 0.3 is 0 Å². The van der Waals surface area contributed by atoms with Crippen LogP contribution in [0, 0.1) is 0 Å². The molecule has 3 aromatic rings. The highest BCUT2D eigenvalue weighted by Gasteiger charge is 2.16. The van der Waals surface area contributed by atoms with Gasteiger partial charge in [-0.15, -0.1) is 0 Å². The van der Waals surface area contributed by atoms with Crippen molar-refractivity contribution in [2.24, 2.45) is 0 Å². The van der Waals surface area contributed by atoms with Gasteiger partial charge in [0.25, 0.3) is 11.5 Å². The summed E-state index contributed by atoms with van der Waals surface area (Å²) in [5.74, 6) is -0.225. The molecule has 0 aliphatic carbocycles. The number of hydrogen-bond acceptors (Lipinski definition) is 5. The molecule has 1 aliphatic rings. The van der Waals surface area contributed by atoms with E-state index in [1.165, 1.54) is 6.33 Å². The number of anilines is 2. The van der Waals surface area contributed by atoms with E-state index in [0.717, 1.165) is 37.6 Å². The number of amides is 1. The summed E-state index contributed by atoms with van der Waals surface area (Å²) in [6, 6.07) is 12.7. The second-order valence-electron chi connectivity index (χ2n) is 6.17. The molecule has 132 valence electrons. The second-order valence-corrected chi connectivity index (χ2v) is 6.17. The molecular formula is C19H19N5O2. The molecule has 2 aromatic carbocycles. The van der Waals surface area contributed by atoms with Crippen molar-refractivity contribution >= 4 is 28.2 Å². The van der Waals surface area contributed by atoms with Crippen LogP contribution >= 0.6 is 0 Å². The molecule has 1 aromatic heterocycles. The predicted octanol–water partition coefficient (Wildman–Crippen LogP) is 1.58. The summed E-state index contributed by atoms with van der Waals surface area (Å²) >= 11 is 0. The summed E-state index contributed by atoms with van der Waals surface area (Å²) in [7, 11) is 0. The van der Waals surface area contributed by atoms with Gasteiger partial charge in [0.15, 0.2) is 0 Å². The molecule has 0 bridgehead atoms. The number of hydrogen-bond donors (Lipinski definition) is 3. The first kappa shape index (κ1) is 16.3. The van der Waals surface area contributed by atoms with Gasteiger partial charge in [0.2, 0.25) is 0 Å². The van der Waals surface area contributed by atoms with Crippen LogP contribution in [0.1, 0.15) is 10.4 Å². The number of H-pyrrole nitrogens is 1. The van der Waals surface area contributed by atoms with Crippen LogP contribution in [0.4, 0.5) is 11.4 Å². The van der Waals surface area contributed by atoms with Crippen LogP contribution < -0.4 is 21.1 Å². The third-order valence-corrected chi connectivity index (χ3v) is 4.51. The lowest BCUT2D eigenvalue weighted by molar-refractivity contribution is 0.102. The minimum absolute atomic E-state index is 0.217. The number of nitrogens with one attached hydrogen (secondary N) is 3. The van der Waals surface area contributed by atoms with Gasteiger partial charge in [-0.1, -0.05) is 12.1 Å². The van der Waals surface area contributed by atoms with Gasteiger partial charge in [-0.05, 0) is 30.3 Å². The maximum absolute atomic E-state index is 12.7. The largest absolute Gasteiger partial charge is 0.367 e. The number of carbonyl (C=O) groups excluding carboxylic acids is 1. The molecule has 1 fully saturated rings. The lowest BCUT2D eigenvalue weighted by atomic mass is 10.1. The molecule has 0 unspecified atom stereocenters. The smallest absolute Gasteiger partial charge is 0.258 e. The van der Waals surface area contributed by atoms with E-state index in [1.807, 2.05) is 24.3 Å². The van der Waals surface area contributed by atoms with Crippen molar-refractivity contribution < 1.29 is 4.79 Å². The fourth-order valence-electron chi connectivity index (χ4n) is 3.17. The van der Waals surface area contributed by atoms with Crippen molar-refractivity contribution in [1.29, 1.82) is 0 Å². The molecule has 1 aliphatic heterocycles. The van der Waals surface area contributed by atoms with Gasteiger partial charge in [-0.3, -0.25) is 9.59 Å². The molecule has 7 heteroatoms. The Morgan fingerprint density at radius 3 is 2.77 bits per heavy atom. The highest BCUT2D eigenvalue weighted by atomic mass is 16.1. The molecule has 0 atom stereocenters. The molecule has 0 saturated carbocycles. The molecule has 0 radical (unpaired) electrons. The molecule has 0 spiro atoms.